The number of hydrogen-bond donors (Lipinski definition) is 0. The van der Waals surface area contributed by atoms with Gasteiger partial charge in [0, 0.05) is 18.7 Å². The van der Waals surface area contributed by atoms with E-state index in [1.807, 2.05) is 62.4 Å². The fourth-order valence-corrected chi connectivity index (χ4v) is 2.91. The second kappa shape index (κ2) is 6.24. The molecule has 2 aromatic carbocycles. The Hall–Kier alpha value is -2.62. The molecule has 0 aromatic heterocycles. The summed E-state index contributed by atoms with van der Waals surface area (Å²) in [5.74, 6) is -0.276. The number of rotatable bonds is 3. The minimum absolute atomic E-state index is 0.0430. The van der Waals surface area contributed by atoms with Crippen molar-refractivity contribution in [2.75, 3.05) is 11.4 Å². The van der Waals surface area contributed by atoms with Crippen LogP contribution in [-0.4, -0.2) is 18.4 Å². The quantitative estimate of drug-likeness (QED) is 0.646. The summed E-state index contributed by atoms with van der Waals surface area (Å²) in [4.78, 5) is 26.2. The first-order valence-corrected chi connectivity index (χ1v) is 7.68. The molecule has 0 bridgehead atoms. The van der Waals surface area contributed by atoms with Crippen molar-refractivity contribution < 1.29 is 14.3 Å². The third-order valence-electron chi connectivity index (χ3n) is 3.94. The van der Waals surface area contributed by atoms with Crippen LogP contribution in [0, 0.1) is 19.8 Å². The summed E-state index contributed by atoms with van der Waals surface area (Å²) in [5, 5.41) is 0. The van der Waals surface area contributed by atoms with Gasteiger partial charge in [0.15, 0.2) is 0 Å². The summed E-state index contributed by atoms with van der Waals surface area (Å²) < 4.78 is 5.47. The van der Waals surface area contributed by atoms with Crippen LogP contribution in [0.15, 0.2) is 48.5 Å². The van der Waals surface area contributed by atoms with E-state index in [0.29, 0.717) is 12.3 Å². The van der Waals surface area contributed by atoms with Crippen LogP contribution >= 0.6 is 0 Å². The first kappa shape index (κ1) is 15.3. The number of benzene rings is 2. The number of esters is 1. The molecule has 0 saturated carbocycles. The molecule has 0 N–H and O–H groups in total. The standard InChI is InChI=1S/C19H19NO3/c1-13-8-14(2)10-17(9-13)23-19(22)15-11-18(21)20(12-15)16-6-4-3-5-7-16/h3-10,15H,11-12H2,1-2H3/t15-/m0/s1. The predicted molar refractivity (Wildman–Crippen MR) is 88.5 cm³/mol. The zero-order valence-corrected chi connectivity index (χ0v) is 13.3. The number of amides is 1. The zero-order valence-electron chi connectivity index (χ0n) is 13.3. The van der Waals surface area contributed by atoms with Gasteiger partial charge in [-0.2, -0.15) is 0 Å². The lowest BCUT2D eigenvalue weighted by Gasteiger charge is -2.16. The number of para-hydroxylation sites is 1. The lowest BCUT2D eigenvalue weighted by atomic mass is 10.1. The molecule has 1 amide bonds. The zero-order chi connectivity index (χ0) is 16.4. The Morgan fingerprint density at radius 1 is 1.09 bits per heavy atom. The Morgan fingerprint density at radius 3 is 2.39 bits per heavy atom. The maximum Gasteiger partial charge on any atom is 0.316 e. The number of aryl methyl sites for hydroxylation is 2. The van der Waals surface area contributed by atoms with Crippen LogP contribution < -0.4 is 9.64 Å². The molecule has 1 saturated heterocycles. The topological polar surface area (TPSA) is 46.6 Å². The minimum atomic E-state index is -0.427. The first-order chi connectivity index (χ1) is 11.0. The molecule has 23 heavy (non-hydrogen) atoms. The van der Waals surface area contributed by atoms with Gasteiger partial charge in [-0.1, -0.05) is 24.3 Å². The SMILES string of the molecule is Cc1cc(C)cc(OC(=O)[C@H]2CC(=O)N(c3ccccc3)C2)c1. The van der Waals surface area contributed by atoms with Gasteiger partial charge in [0.1, 0.15) is 5.75 Å². The Labute approximate surface area is 135 Å². The average molecular weight is 309 g/mol. The number of ether oxygens (including phenoxy) is 1. The molecule has 1 heterocycles. The van der Waals surface area contributed by atoms with E-state index in [1.165, 1.54) is 0 Å². The molecule has 0 aliphatic carbocycles. The van der Waals surface area contributed by atoms with E-state index in [-0.39, 0.29) is 18.3 Å². The second-order valence-electron chi connectivity index (χ2n) is 5.99. The van der Waals surface area contributed by atoms with Crippen molar-refractivity contribution in [1.82, 2.24) is 0 Å². The van der Waals surface area contributed by atoms with Crippen LogP contribution in [0.25, 0.3) is 0 Å². The molecular weight excluding hydrogens is 290 g/mol. The highest BCUT2D eigenvalue weighted by Gasteiger charge is 2.36. The van der Waals surface area contributed by atoms with Crippen molar-refractivity contribution in [2.24, 2.45) is 5.92 Å². The Bertz CT molecular complexity index is 719. The monoisotopic (exact) mass is 309 g/mol. The van der Waals surface area contributed by atoms with Crippen LogP contribution in [0.2, 0.25) is 0 Å². The lowest BCUT2D eigenvalue weighted by molar-refractivity contribution is -0.139. The van der Waals surface area contributed by atoms with E-state index >= 15 is 0 Å². The number of nitrogens with zero attached hydrogens (tertiary/aromatic N) is 1. The summed E-state index contributed by atoms with van der Waals surface area (Å²) >= 11 is 0. The van der Waals surface area contributed by atoms with Crippen LogP contribution in [-0.2, 0) is 9.59 Å². The van der Waals surface area contributed by atoms with Crippen molar-refractivity contribution in [3.63, 3.8) is 0 Å². The van der Waals surface area contributed by atoms with Crippen molar-refractivity contribution in [2.45, 2.75) is 20.3 Å². The van der Waals surface area contributed by atoms with Gasteiger partial charge in [0.2, 0.25) is 5.91 Å². The Morgan fingerprint density at radius 2 is 1.74 bits per heavy atom. The van der Waals surface area contributed by atoms with Crippen LogP contribution in [0.5, 0.6) is 5.75 Å². The molecule has 1 fully saturated rings. The molecular formula is C19H19NO3. The molecule has 4 heteroatoms. The van der Waals surface area contributed by atoms with Gasteiger partial charge in [-0.05, 0) is 49.2 Å². The molecule has 3 rings (SSSR count). The highest BCUT2D eigenvalue weighted by Crippen LogP contribution is 2.26. The minimum Gasteiger partial charge on any atom is -0.426 e. The van der Waals surface area contributed by atoms with Crippen molar-refractivity contribution in [3.05, 3.63) is 59.7 Å². The van der Waals surface area contributed by atoms with Gasteiger partial charge in [-0.15, -0.1) is 0 Å². The van der Waals surface area contributed by atoms with E-state index < -0.39 is 5.92 Å². The van der Waals surface area contributed by atoms with Crippen LogP contribution in [0.4, 0.5) is 5.69 Å². The molecule has 1 atom stereocenters. The maximum absolute atomic E-state index is 12.4. The van der Waals surface area contributed by atoms with Gasteiger partial charge in [0.05, 0.1) is 5.92 Å². The van der Waals surface area contributed by atoms with Gasteiger partial charge >= 0.3 is 5.97 Å². The predicted octanol–water partition coefficient (Wildman–Crippen LogP) is 3.26. The van der Waals surface area contributed by atoms with E-state index in [9.17, 15) is 9.59 Å². The highest BCUT2D eigenvalue weighted by atomic mass is 16.5. The fourth-order valence-electron chi connectivity index (χ4n) is 2.91. The summed E-state index contributed by atoms with van der Waals surface area (Å²) in [6, 6.07) is 15.1. The molecule has 1 aliphatic rings. The number of hydrogen-bond acceptors (Lipinski definition) is 3. The molecule has 0 radical (unpaired) electrons. The third-order valence-corrected chi connectivity index (χ3v) is 3.94. The molecule has 0 unspecified atom stereocenters. The van der Waals surface area contributed by atoms with E-state index in [0.717, 1.165) is 16.8 Å². The maximum atomic E-state index is 12.4. The Kier molecular flexibility index (Phi) is 4.15. The number of anilines is 1. The summed E-state index contributed by atoms with van der Waals surface area (Å²) in [6.07, 6.45) is 0.193. The van der Waals surface area contributed by atoms with Crippen molar-refractivity contribution in [1.29, 1.82) is 0 Å². The molecule has 2 aromatic rings. The van der Waals surface area contributed by atoms with E-state index in [1.54, 1.807) is 4.90 Å². The van der Waals surface area contributed by atoms with Gasteiger partial charge in [0.25, 0.3) is 0 Å². The summed E-state index contributed by atoms with van der Waals surface area (Å²) in [6.45, 7) is 4.29. The summed E-state index contributed by atoms with van der Waals surface area (Å²) in [7, 11) is 0. The summed E-state index contributed by atoms with van der Waals surface area (Å²) in [5.41, 5.74) is 2.90. The fraction of sp³-hybridized carbons (Fsp3) is 0.263. The lowest BCUT2D eigenvalue weighted by Crippen LogP contribution is -2.27. The third kappa shape index (κ3) is 3.42. The van der Waals surface area contributed by atoms with Crippen molar-refractivity contribution >= 4 is 17.6 Å². The second-order valence-corrected chi connectivity index (χ2v) is 5.99. The van der Waals surface area contributed by atoms with Gasteiger partial charge in [-0.25, -0.2) is 0 Å². The van der Waals surface area contributed by atoms with Crippen LogP contribution in [0.3, 0.4) is 0 Å². The normalized spacial score (nSPS) is 17.4. The average Bonchev–Trinajstić information content (AvgIpc) is 2.89. The largest absolute Gasteiger partial charge is 0.426 e. The first-order valence-electron chi connectivity index (χ1n) is 7.68. The number of carbonyl (C=O) groups is 2. The van der Waals surface area contributed by atoms with Crippen molar-refractivity contribution in [3.8, 4) is 5.75 Å². The highest BCUT2D eigenvalue weighted by molar-refractivity contribution is 5.99. The van der Waals surface area contributed by atoms with Gasteiger partial charge in [-0.3, -0.25) is 9.59 Å². The van der Waals surface area contributed by atoms with Gasteiger partial charge < -0.3 is 9.64 Å². The number of carbonyl (C=O) groups excluding carboxylic acids is 2. The Balaban J connectivity index is 1.70. The van der Waals surface area contributed by atoms with Crippen LogP contribution in [0.1, 0.15) is 17.5 Å². The molecule has 1 aliphatic heterocycles. The molecule has 0 spiro atoms. The van der Waals surface area contributed by atoms with E-state index in [2.05, 4.69) is 0 Å². The smallest absolute Gasteiger partial charge is 0.316 e. The van der Waals surface area contributed by atoms with E-state index in [4.69, 9.17) is 4.74 Å². The molecule has 4 nitrogen and oxygen atoms in total. The molecule has 118 valence electrons.